The van der Waals surface area contributed by atoms with E-state index < -0.39 is 12.1 Å². The summed E-state index contributed by atoms with van der Waals surface area (Å²) >= 11 is 0. The predicted molar refractivity (Wildman–Crippen MR) is 87.4 cm³/mol. The van der Waals surface area contributed by atoms with Gasteiger partial charge in [0.05, 0.1) is 11.5 Å². The van der Waals surface area contributed by atoms with Crippen molar-refractivity contribution in [3.63, 3.8) is 0 Å². The van der Waals surface area contributed by atoms with Crippen LogP contribution in [0.4, 0.5) is 13.2 Å². The molecule has 0 saturated carbocycles. The number of benzene rings is 1. The first kappa shape index (κ1) is 20.4. The Hall–Kier alpha value is -2.93. The second-order valence-corrected chi connectivity index (χ2v) is 6.00. The average molecular weight is 382 g/mol. The van der Waals surface area contributed by atoms with Gasteiger partial charge in [-0.25, -0.2) is 4.79 Å². The molecular weight excluding hydrogens is 365 g/mol. The predicted octanol–water partition coefficient (Wildman–Crippen LogP) is 2.59. The summed E-state index contributed by atoms with van der Waals surface area (Å²) in [6.07, 6.45) is -3.65. The van der Waals surface area contributed by atoms with E-state index >= 15 is 0 Å². The van der Waals surface area contributed by atoms with Crippen LogP contribution in [0.5, 0.6) is 0 Å². The van der Waals surface area contributed by atoms with Gasteiger partial charge in [-0.3, -0.25) is 0 Å². The van der Waals surface area contributed by atoms with Crippen molar-refractivity contribution in [3.05, 3.63) is 35.7 Å². The maximum atomic E-state index is 10.6. The van der Waals surface area contributed by atoms with E-state index in [1.807, 2.05) is 18.2 Å². The van der Waals surface area contributed by atoms with Crippen molar-refractivity contribution in [2.24, 2.45) is 5.41 Å². The van der Waals surface area contributed by atoms with Crippen molar-refractivity contribution in [2.75, 3.05) is 13.1 Å². The largest absolute Gasteiger partial charge is 0.490 e. The van der Waals surface area contributed by atoms with Crippen molar-refractivity contribution in [1.82, 2.24) is 15.5 Å². The Kier molecular flexibility index (Phi) is 6.17. The van der Waals surface area contributed by atoms with Crippen molar-refractivity contribution >= 4 is 5.97 Å². The van der Waals surface area contributed by atoms with Gasteiger partial charge in [0.2, 0.25) is 11.7 Å². The highest BCUT2D eigenvalue weighted by atomic mass is 19.4. The highest BCUT2D eigenvalue weighted by Gasteiger charge is 2.39. The van der Waals surface area contributed by atoms with E-state index in [1.54, 1.807) is 0 Å². The van der Waals surface area contributed by atoms with Gasteiger partial charge in [-0.1, -0.05) is 36.3 Å². The molecule has 2 N–H and O–H groups in total. The lowest BCUT2D eigenvalue weighted by atomic mass is 9.80. The van der Waals surface area contributed by atoms with E-state index in [9.17, 15) is 18.4 Å². The molecule has 0 atom stereocenters. The third-order valence-electron chi connectivity index (χ3n) is 4.00. The molecule has 0 bridgehead atoms. The first-order valence-corrected chi connectivity index (χ1v) is 8.04. The van der Waals surface area contributed by atoms with Gasteiger partial charge >= 0.3 is 12.1 Å². The molecule has 0 amide bonds. The van der Waals surface area contributed by atoms with Gasteiger partial charge in [0.1, 0.15) is 0 Å². The lowest BCUT2D eigenvalue weighted by Gasteiger charge is -2.34. The van der Waals surface area contributed by atoms with Crippen LogP contribution < -0.4 is 5.32 Å². The fourth-order valence-electron chi connectivity index (χ4n) is 2.44. The topological polar surface area (TPSA) is 112 Å². The van der Waals surface area contributed by atoms with E-state index in [-0.39, 0.29) is 5.41 Å². The summed E-state index contributed by atoms with van der Waals surface area (Å²) in [7, 11) is 0. The zero-order valence-corrected chi connectivity index (χ0v) is 14.4. The second kappa shape index (κ2) is 8.18. The Balaban J connectivity index is 0.000000321. The molecule has 1 aromatic carbocycles. The van der Waals surface area contributed by atoms with Crippen LogP contribution in [0.1, 0.15) is 18.4 Å². The zero-order chi connectivity index (χ0) is 20.1. The van der Waals surface area contributed by atoms with E-state index in [0.29, 0.717) is 31.2 Å². The number of carboxylic acids is 1. The molecule has 0 radical (unpaired) electrons. The van der Waals surface area contributed by atoms with Crippen LogP contribution in [-0.2, 0) is 17.6 Å². The second-order valence-electron chi connectivity index (χ2n) is 6.00. The molecule has 7 nitrogen and oxygen atoms in total. The number of halogens is 3. The number of nitriles is 1. The minimum atomic E-state index is -5.08. The lowest BCUT2D eigenvalue weighted by Crippen LogP contribution is -2.53. The summed E-state index contributed by atoms with van der Waals surface area (Å²) in [4.78, 5) is 13.3. The van der Waals surface area contributed by atoms with Crippen molar-refractivity contribution < 1.29 is 27.6 Å². The number of aromatic nitrogens is 2. The van der Waals surface area contributed by atoms with Crippen LogP contribution in [-0.4, -0.2) is 40.5 Å². The number of nitrogens with zero attached hydrogens (tertiary/aromatic N) is 3. The number of hydrogen-bond acceptors (Lipinski definition) is 6. The fraction of sp³-hybridized carbons (Fsp3) is 0.412. The Bertz CT molecular complexity index is 838. The molecule has 1 fully saturated rings. The van der Waals surface area contributed by atoms with E-state index in [1.165, 1.54) is 5.56 Å². The zero-order valence-electron chi connectivity index (χ0n) is 14.4. The number of carbonyl (C=O) groups is 1. The number of nitrogens with one attached hydrogen (secondary N) is 1. The molecule has 10 heteroatoms. The van der Waals surface area contributed by atoms with E-state index in [4.69, 9.17) is 14.4 Å². The monoisotopic (exact) mass is 382 g/mol. The molecule has 27 heavy (non-hydrogen) atoms. The van der Waals surface area contributed by atoms with Crippen molar-refractivity contribution in [2.45, 2.75) is 25.9 Å². The van der Waals surface area contributed by atoms with Gasteiger partial charge in [-0.05, 0) is 12.0 Å². The summed E-state index contributed by atoms with van der Waals surface area (Å²) in [5.41, 5.74) is 1.82. The molecule has 1 saturated heterocycles. The molecule has 144 valence electrons. The smallest absolute Gasteiger partial charge is 0.475 e. The quantitative estimate of drug-likeness (QED) is 0.836. The number of rotatable bonds is 4. The normalized spacial score (nSPS) is 15.1. The third-order valence-corrected chi connectivity index (χ3v) is 4.00. The van der Waals surface area contributed by atoms with Gasteiger partial charge in [0, 0.05) is 25.1 Å². The number of carboxylic acid groups (broad SMARTS) is 1. The third kappa shape index (κ3) is 5.04. The molecule has 1 aliphatic rings. The maximum absolute atomic E-state index is 10.6. The van der Waals surface area contributed by atoms with Gasteiger partial charge in [0.25, 0.3) is 0 Å². The van der Waals surface area contributed by atoms with Crippen LogP contribution in [0.25, 0.3) is 11.4 Å². The highest BCUT2D eigenvalue weighted by molar-refractivity contribution is 5.73. The summed E-state index contributed by atoms with van der Waals surface area (Å²) in [5, 5.41) is 23.5. The standard InChI is InChI=1S/C15H16N4O.C2HF3O2/c1-2-11-5-3-4-6-12(11)14-18-13(20-19-14)7-15(8-16)9-17-10-15;3-2(4,5)1(6)7/h3-6,17H,2,7,9-10H2,1H3;(H,6,7). The summed E-state index contributed by atoms with van der Waals surface area (Å²) < 4.78 is 37.0. The lowest BCUT2D eigenvalue weighted by molar-refractivity contribution is -0.192. The Morgan fingerprint density at radius 3 is 2.52 bits per heavy atom. The first-order valence-electron chi connectivity index (χ1n) is 8.04. The van der Waals surface area contributed by atoms with Crippen LogP contribution in [0.3, 0.4) is 0 Å². The minimum Gasteiger partial charge on any atom is -0.475 e. The summed E-state index contributed by atoms with van der Waals surface area (Å²) in [6.45, 7) is 3.48. The van der Waals surface area contributed by atoms with Gasteiger partial charge in [-0.15, -0.1) is 0 Å². The van der Waals surface area contributed by atoms with Gasteiger partial charge in [-0.2, -0.15) is 23.4 Å². The summed E-state index contributed by atoms with van der Waals surface area (Å²) in [5.74, 6) is -1.61. The highest BCUT2D eigenvalue weighted by Crippen LogP contribution is 2.28. The molecule has 2 heterocycles. The van der Waals surface area contributed by atoms with Crippen LogP contribution in [0, 0.1) is 16.7 Å². The van der Waals surface area contributed by atoms with E-state index in [0.717, 1.165) is 12.0 Å². The Labute approximate surface area is 152 Å². The van der Waals surface area contributed by atoms with Crippen LogP contribution in [0.2, 0.25) is 0 Å². The summed E-state index contributed by atoms with van der Waals surface area (Å²) in [6, 6.07) is 10.4. The molecule has 0 aliphatic carbocycles. The average Bonchev–Trinajstić information content (AvgIpc) is 3.06. The van der Waals surface area contributed by atoms with Crippen molar-refractivity contribution in [1.29, 1.82) is 5.26 Å². The Morgan fingerprint density at radius 2 is 2.04 bits per heavy atom. The molecular formula is C17H17F3N4O3. The molecule has 1 aromatic heterocycles. The molecule has 3 rings (SSSR count). The number of aliphatic carboxylic acids is 1. The fourth-order valence-corrected chi connectivity index (χ4v) is 2.44. The molecule has 2 aromatic rings. The number of hydrogen-bond donors (Lipinski definition) is 2. The SMILES string of the molecule is CCc1ccccc1-c1noc(CC2(C#N)CNC2)n1.O=C(O)C(F)(F)F. The van der Waals surface area contributed by atoms with Crippen molar-refractivity contribution in [3.8, 4) is 17.5 Å². The molecule has 0 unspecified atom stereocenters. The molecule has 1 aliphatic heterocycles. The minimum absolute atomic E-state index is 0.381. The number of aryl methyl sites for hydroxylation is 1. The van der Waals surface area contributed by atoms with Crippen LogP contribution in [0.15, 0.2) is 28.8 Å². The van der Waals surface area contributed by atoms with Crippen LogP contribution >= 0.6 is 0 Å². The van der Waals surface area contributed by atoms with E-state index in [2.05, 4.69) is 34.5 Å². The maximum Gasteiger partial charge on any atom is 0.490 e. The van der Waals surface area contributed by atoms with Gasteiger partial charge in [0.15, 0.2) is 0 Å². The number of alkyl halides is 3. The van der Waals surface area contributed by atoms with Gasteiger partial charge < -0.3 is 14.9 Å². The first-order chi connectivity index (χ1) is 12.7. The molecule has 0 spiro atoms. The Morgan fingerprint density at radius 1 is 1.41 bits per heavy atom.